The topological polar surface area (TPSA) is 82.3 Å². The first-order chi connectivity index (χ1) is 10.8. The third-order valence-electron chi connectivity index (χ3n) is 5.25. The summed E-state index contributed by atoms with van der Waals surface area (Å²) in [5.41, 5.74) is 1.39. The summed E-state index contributed by atoms with van der Waals surface area (Å²) in [5.74, 6) is -0.354. The normalized spacial score (nSPS) is 27.6. The zero-order chi connectivity index (χ0) is 16.8. The number of nitrogens with zero attached hydrogens (tertiary/aromatic N) is 1. The molecule has 1 aromatic rings. The molecular formula is C17H23N3O3. The van der Waals surface area contributed by atoms with E-state index in [9.17, 15) is 14.4 Å². The van der Waals surface area contributed by atoms with Gasteiger partial charge in [0.1, 0.15) is 5.54 Å². The first kappa shape index (κ1) is 15.8. The number of carbonyl (C=O) groups excluding carboxylic acids is 3. The Balaban J connectivity index is 1.81. The zero-order valence-corrected chi connectivity index (χ0v) is 13.9. The number of ketones is 1. The van der Waals surface area contributed by atoms with Crippen molar-refractivity contribution in [2.24, 2.45) is 5.92 Å². The Bertz CT molecular complexity index is 679. The van der Waals surface area contributed by atoms with E-state index < -0.39 is 11.6 Å². The van der Waals surface area contributed by atoms with Crippen LogP contribution in [0.15, 0.2) is 6.07 Å². The Hall–Kier alpha value is -2.11. The van der Waals surface area contributed by atoms with Crippen LogP contribution in [0.4, 0.5) is 4.79 Å². The van der Waals surface area contributed by atoms with Crippen LogP contribution in [0.3, 0.4) is 0 Å². The third kappa shape index (κ3) is 2.46. The van der Waals surface area contributed by atoms with Gasteiger partial charge in [0.15, 0.2) is 5.78 Å². The molecule has 0 aromatic carbocycles. The minimum Gasteiger partial charge on any atom is -0.362 e. The Morgan fingerprint density at radius 2 is 2.09 bits per heavy atom. The first-order valence-corrected chi connectivity index (χ1v) is 8.18. The van der Waals surface area contributed by atoms with E-state index in [-0.39, 0.29) is 24.2 Å². The maximum absolute atomic E-state index is 12.8. The summed E-state index contributed by atoms with van der Waals surface area (Å²) in [4.78, 5) is 41.8. The highest BCUT2D eigenvalue weighted by Gasteiger charge is 2.55. The number of aromatic nitrogens is 1. The molecule has 0 bridgehead atoms. The van der Waals surface area contributed by atoms with Gasteiger partial charge in [0.05, 0.1) is 6.54 Å². The predicted molar refractivity (Wildman–Crippen MR) is 85.2 cm³/mol. The minimum atomic E-state index is -0.807. The van der Waals surface area contributed by atoms with Crippen molar-refractivity contribution < 1.29 is 14.4 Å². The number of Topliss-reactive ketones (excluding diaryl/α,β-unsaturated/α-hetero) is 1. The molecule has 1 saturated carbocycles. The maximum Gasteiger partial charge on any atom is 0.325 e. The molecule has 2 heterocycles. The number of amides is 3. The van der Waals surface area contributed by atoms with Gasteiger partial charge in [-0.1, -0.05) is 19.8 Å². The predicted octanol–water partition coefficient (Wildman–Crippen LogP) is 2.31. The second-order valence-electron chi connectivity index (χ2n) is 6.85. The molecule has 2 unspecified atom stereocenters. The molecule has 1 saturated heterocycles. The Morgan fingerprint density at radius 1 is 1.35 bits per heavy atom. The van der Waals surface area contributed by atoms with Gasteiger partial charge >= 0.3 is 6.03 Å². The van der Waals surface area contributed by atoms with Crippen LogP contribution < -0.4 is 5.32 Å². The molecule has 23 heavy (non-hydrogen) atoms. The molecule has 2 fully saturated rings. The molecule has 1 aliphatic carbocycles. The van der Waals surface area contributed by atoms with Crippen LogP contribution in [0.5, 0.6) is 0 Å². The number of carbonyl (C=O) groups is 3. The molecule has 3 rings (SSSR count). The van der Waals surface area contributed by atoms with E-state index in [1.807, 2.05) is 20.8 Å². The molecule has 2 aliphatic rings. The number of hydrogen-bond acceptors (Lipinski definition) is 3. The summed E-state index contributed by atoms with van der Waals surface area (Å²) in [6, 6.07) is 1.32. The van der Waals surface area contributed by atoms with Crippen LogP contribution in [0.1, 0.15) is 54.4 Å². The summed E-state index contributed by atoms with van der Waals surface area (Å²) in [6.45, 7) is 5.49. The number of imide groups is 1. The second-order valence-corrected chi connectivity index (χ2v) is 6.85. The molecule has 3 amide bonds. The second kappa shape index (κ2) is 5.51. The van der Waals surface area contributed by atoms with Crippen LogP contribution in [0, 0.1) is 19.8 Å². The van der Waals surface area contributed by atoms with Crippen LogP contribution >= 0.6 is 0 Å². The van der Waals surface area contributed by atoms with Gasteiger partial charge in [0.25, 0.3) is 5.91 Å². The van der Waals surface area contributed by atoms with Crippen molar-refractivity contribution >= 4 is 17.7 Å². The number of H-pyrrole nitrogens is 1. The van der Waals surface area contributed by atoms with Crippen LogP contribution in [0.2, 0.25) is 0 Å². The third-order valence-corrected chi connectivity index (χ3v) is 5.25. The molecule has 1 aliphatic heterocycles. The fourth-order valence-corrected chi connectivity index (χ4v) is 3.88. The fourth-order valence-electron chi connectivity index (χ4n) is 3.88. The van der Waals surface area contributed by atoms with Gasteiger partial charge < -0.3 is 10.3 Å². The number of urea groups is 1. The summed E-state index contributed by atoms with van der Waals surface area (Å²) in [5, 5.41) is 2.87. The van der Waals surface area contributed by atoms with E-state index >= 15 is 0 Å². The number of aromatic amines is 1. The van der Waals surface area contributed by atoms with E-state index in [0.717, 1.165) is 35.6 Å². The average Bonchev–Trinajstić information content (AvgIpc) is 2.95. The van der Waals surface area contributed by atoms with Gasteiger partial charge in [-0.15, -0.1) is 0 Å². The van der Waals surface area contributed by atoms with Gasteiger partial charge in [-0.05, 0) is 38.7 Å². The first-order valence-electron chi connectivity index (χ1n) is 8.18. The van der Waals surface area contributed by atoms with E-state index in [1.165, 1.54) is 0 Å². The smallest absolute Gasteiger partial charge is 0.325 e. The van der Waals surface area contributed by atoms with E-state index in [4.69, 9.17) is 0 Å². The van der Waals surface area contributed by atoms with Crippen LogP contribution in [0.25, 0.3) is 0 Å². The van der Waals surface area contributed by atoms with Gasteiger partial charge in [-0.25, -0.2) is 4.79 Å². The average molecular weight is 317 g/mol. The highest BCUT2D eigenvalue weighted by Crippen LogP contribution is 2.38. The molecule has 6 nitrogen and oxygen atoms in total. The highest BCUT2D eigenvalue weighted by molar-refractivity contribution is 6.11. The lowest BCUT2D eigenvalue weighted by molar-refractivity contribution is -0.133. The van der Waals surface area contributed by atoms with Gasteiger partial charge in [-0.2, -0.15) is 0 Å². The maximum atomic E-state index is 12.8. The Labute approximate surface area is 135 Å². The highest BCUT2D eigenvalue weighted by atomic mass is 16.2. The molecule has 1 aromatic heterocycles. The van der Waals surface area contributed by atoms with Gasteiger partial charge in [0, 0.05) is 17.0 Å². The molecular weight excluding hydrogens is 294 g/mol. The van der Waals surface area contributed by atoms with E-state index in [2.05, 4.69) is 10.3 Å². The van der Waals surface area contributed by atoms with Crippen LogP contribution in [-0.4, -0.2) is 39.7 Å². The van der Waals surface area contributed by atoms with E-state index in [0.29, 0.717) is 12.0 Å². The lowest BCUT2D eigenvalue weighted by Crippen LogP contribution is -2.54. The Morgan fingerprint density at radius 3 is 2.70 bits per heavy atom. The number of aryl methyl sites for hydroxylation is 2. The van der Waals surface area contributed by atoms with Crippen molar-refractivity contribution in [2.75, 3.05) is 6.54 Å². The van der Waals surface area contributed by atoms with Crippen LogP contribution in [-0.2, 0) is 4.79 Å². The summed E-state index contributed by atoms with van der Waals surface area (Å²) >= 11 is 0. The summed E-state index contributed by atoms with van der Waals surface area (Å²) in [7, 11) is 0. The number of hydrogen-bond donors (Lipinski definition) is 2. The molecule has 2 atom stereocenters. The van der Waals surface area contributed by atoms with Crippen molar-refractivity contribution in [1.29, 1.82) is 0 Å². The number of rotatable bonds is 3. The number of nitrogens with one attached hydrogen (secondary N) is 2. The minimum absolute atomic E-state index is 0.101. The van der Waals surface area contributed by atoms with Crippen molar-refractivity contribution in [3.8, 4) is 0 Å². The van der Waals surface area contributed by atoms with Crippen molar-refractivity contribution in [3.05, 3.63) is 23.0 Å². The molecule has 1 spiro atoms. The fraction of sp³-hybridized carbons (Fsp3) is 0.588. The van der Waals surface area contributed by atoms with Gasteiger partial charge in [-0.3, -0.25) is 14.5 Å². The monoisotopic (exact) mass is 317 g/mol. The van der Waals surface area contributed by atoms with Crippen molar-refractivity contribution in [1.82, 2.24) is 15.2 Å². The standard InChI is InChI=1S/C17H23N3O3/c1-10-6-4-5-7-17(10)15(22)20(16(23)19-17)9-14(21)13-8-11(2)18-12(13)3/h8,10,18H,4-7,9H2,1-3H3,(H,19,23). The summed E-state index contributed by atoms with van der Waals surface area (Å²) < 4.78 is 0. The quantitative estimate of drug-likeness (QED) is 0.663. The van der Waals surface area contributed by atoms with Gasteiger partial charge in [0.2, 0.25) is 0 Å². The molecule has 124 valence electrons. The zero-order valence-electron chi connectivity index (χ0n) is 13.9. The molecule has 6 heteroatoms. The van der Waals surface area contributed by atoms with Crippen molar-refractivity contribution in [3.63, 3.8) is 0 Å². The molecule has 0 radical (unpaired) electrons. The lowest BCUT2D eigenvalue weighted by atomic mass is 9.73. The van der Waals surface area contributed by atoms with Crippen molar-refractivity contribution in [2.45, 2.75) is 52.0 Å². The SMILES string of the molecule is Cc1cc(C(=O)CN2C(=O)NC3(CCCCC3C)C2=O)c(C)[nH]1. The molecule has 2 N–H and O–H groups in total. The Kier molecular flexibility index (Phi) is 3.78. The van der Waals surface area contributed by atoms with E-state index in [1.54, 1.807) is 6.07 Å². The largest absolute Gasteiger partial charge is 0.362 e. The lowest BCUT2D eigenvalue weighted by Gasteiger charge is -2.36. The summed E-state index contributed by atoms with van der Waals surface area (Å²) in [6.07, 6.45) is 3.58.